The van der Waals surface area contributed by atoms with E-state index in [9.17, 15) is 0 Å². The van der Waals surface area contributed by atoms with E-state index in [2.05, 4.69) is 26.9 Å². The highest BCUT2D eigenvalue weighted by Crippen LogP contribution is 2.12. The molecule has 0 aliphatic heterocycles. The summed E-state index contributed by atoms with van der Waals surface area (Å²) in [5, 5.41) is 0. The fourth-order valence-corrected chi connectivity index (χ4v) is 3.19. The maximum Gasteiger partial charge on any atom is 0.186 e. The summed E-state index contributed by atoms with van der Waals surface area (Å²) in [6.45, 7) is 9.73. The molecule has 0 radical (unpaired) electrons. The summed E-state index contributed by atoms with van der Waals surface area (Å²) in [4.78, 5) is 0. The van der Waals surface area contributed by atoms with E-state index in [0.29, 0.717) is 0 Å². The molecule has 0 spiro atoms. The third kappa shape index (κ3) is 6.26. The molecule has 10 heavy (non-hydrogen) atoms. The van der Waals surface area contributed by atoms with E-state index < -0.39 is 8.32 Å². The van der Waals surface area contributed by atoms with E-state index in [1.807, 2.05) is 0 Å². The zero-order valence-corrected chi connectivity index (χ0v) is 8.53. The smallest absolute Gasteiger partial charge is 0.186 e. The van der Waals surface area contributed by atoms with Gasteiger partial charge in [-0.3, -0.25) is 0 Å². The lowest BCUT2D eigenvalue weighted by molar-refractivity contribution is 0.328. The van der Waals surface area contributed by atoms with Gasteiger partial charge in [-0.25, -0.2) is 0 Å². The predicted octanol–water partition coefficient (Wildman–Crippen LogP) is 1.81. The van der Waals surface area contributed by atoms with Gasteiger partial charge in [0, 0.05) is 6.61 Å². The van der Waals surface area contributed by atoms with Gasteiger partial charge in [0.15, 0.2) is 8.32 Å². The van der Waals surface area contributed by atoms with Crippen molar-refractivity contribution in [1.82, 2.24) is 0 Å². The number of hydrogen-bond acceptors (Lipinski definition) is 1. The Bertz CT molecular complexity index is 66.0. The van der Waals surface area contributed by atoms with Gasteiger partial charge < -0.3 is 9.90 Å². The Hall–Kier alpha value is 0.137. The minimum absolute atomic E-state index is 0. The Kier molecular flexibility index (Phi) is 7.52. The third-order valence-electron chi connectivity index (χ3n) is 1.39. The van der Waals surface area contributed by atoms with Crippen LogP contribution < -0.4 is 0 Å². The molecule has 0 saturated carbocycles. The minimum atomic E-state index is -1.20. The molecule has 0 heterocycles. The lowest BCUT2D eigenvalue weighted by Gasteiger charge is -2.20. The van der Waals surface area contributed by atoms with Crippen LogP contribution in [0.15, 0.2) is 0 Å². The van der Waals surface area contributed by atoms with Crippen LogP contribution in [0.4, 0.5) is 0 Å². The molecule has 0 aromatic heterocycles. The highest BCUT2D eigenvalue weighted by molar-refractivity contribution is 6.71. The van der Waals surface area contributed by atoms with Crippen LogP contribution >= 0.6 is 0 Å². The standard InChI is InChI=1S/C7H18OSi.H2O/c1-5-7-9(3,4)8-6-2;/h5-7H2,1-4H3;1H2. The molecule has 0 amide bonds. The first-order valence-electron chi connectivity index (χ1n) is 3.76. The first-order valence-corrected chi connectivity index (χ1v) is 6.88. The fraction of sp³-hybridized carbons (Fsp3) is 1.00. The van der Waals surface area contributed by atoms with Crippen LogP contribution in [0, 0.1) is 0 Å². The molecule has 0 aliphatic carbocycles. The first kappa shape index (κ1) is 12.8. The normalized spacial score (nSPS) is 10.8. The first-order chi connectivity index (χ1) is 4.12. The van der Waals surface area contributed by atoms with Crippen molar-refractivity contribution in [2.75, 3.05) is 6.61 Å². The van der Waals surface area contributed by atoms with Crippen LogP contribution in [0.3, 0.4) is 0 Å². The molecule has 64 valence electrons. The molecule has 2 N–H and O–H groups in total. The largest absolute Gasteiger partial charge is 0.418 e. The van der Waals surface area contributed by atoms with Crippen molar-refractivity contribution in [3.8, 4) is 0 Å². The summed E-state index contributed by atoms with van der Waals surface area (Å²) in [7, 11) is -1.20. The SMILES string of the molecule is CCC[Si](C)(C)OCC.O. The van der Waals surface area contributed by atoms with Gasteiger partial charge in [0.05, 0.1) is 0 Å². The van der Waals surface area contributed by atoms with Crippen molar-refractivity contribution in [3.63, 3.8) is 0 Å². The maximum atomic E-state index is 5.61. The Balaban J connectivity index is 0. The van der Waals surface area contributed by atoms with Gasteiger partial charge in [0.25, 0.3) is 0 Å². The fourth-order valence-electron chi connectivity index (χ4n) is 1.06. The summed E-state index contributed by atoms with van der Waals surface area (Å²) < 4.78 is 5.61. The molecule has 0 unspecified atom stereocenters. The number of hydrogen-bond donors (Lipinski definition) is 0. The van der Waals surface area contributed by atoms with Gasteiger partial charge >= 0.3 is 0 Å². The van der Waals surface area contributed by atoms with Crippen molar-refractivity contribution >= 4 is 8.32 Å². The molecule has 0 bridgehead atoms. The van der Waals surface area contributed by atoms with E-state index in [4.69, 9.17) is 4.43 Å². The lowest BCUT2D eigenvalue weighted by Crippen LogP contribution is -2.29. The van der Waals surface area contributed by atoms with E-state index in [1.165, 1.54) is 12.5 Å². The van der Waals surface area contributed by atoms with Gasteiger partial charge in [-0.15, -0.1) is 0 Å². The van der Waals surface area contributed by atoms with Gasteiger partial charge in [-0.05, 0) is 26.1 Å². The van der Waals surface area contributed by atoms with Crippen molar-refractivity contribution in [2.24, 2.45) is 0 Å². The molecule has 0 aromatic rings. The molecule has 0 saturated heterocycles. The molecule has 0 aliphatic rings. The van der Waals surface area contributed by atoms with Crippen LogP contribution in [0.1, 0.15) is 20.3 Å². The molecule has 0 aromatic carbocycles. The van der Waals surface area contributed by atoms with Gasteiger partial charge in [-0.1, -0.05) is 13.3 Å². The van der Waals surface area contributed by atoms with Gasteiger partial charge in [0.1, 0.15) is 0 Å². The average molecular weight is 164 g/mol. The second kappa shape index (κ2) is 5.89. The Morgan fingerprint density at radius 3 is 2.00 bits per heavy atom. The summed E-state index contributed by atoms with van der Waals surface area (Å²) in [5.41, 5.74) is 0. The van der Waals surface area contributed by atoms with Crippen LogP contribution in [0.25, 0.3) is 0 Å². The highest BCUT2D eigenvalue weighted by Gasteiger charge is 2.19. The Morgan fingerprint density at radius 2 is 1.70 bits per heavy atom. The zero-order valence-electron chi connectivity index (χ0n) is 7.53. The quantitative estimate of drug-likeness (QED) is 0.584. The average Bonchev–Trinajstić information content (AvgIpc) is 1.64. The highest BCUT2D eigenvalue weighted by atomic mass is 28.4. The minimum Gasteiger partial charge on any atom is -0.418 e. The summed E-state index contributed by atoms with van der Waals surface area (Å²) in [6.07, 6.45) is 1.26. The monoisotopic (exact) mass is 164 g/mol. The van der Waals surface area contributed by atoms with E-state index in [0.717, 1.165) is 6.61 Å². The van der Waals surface area contributed by atoms with Crippen molar-refractivity contribution < 1.29 is 9.90 Å². The van der Waals surface area contributed by atoms with Crippen molar-refractivity contribution in [2.45, 2.75) is 39.4 Å². The molecular weight excluding hydrogens is 144 g/mol. The Labute approximate surface area is 65.0 Å². The molecular formula is C7H20O2Si. The molecule has 0 atom stereocenters. The second-order valence-corrected chi connectivity index (χ2v) is 7.25. The van der Waals surface area contributed by atoms with Crippen molar-refractivity contribution in [3.05, 3.63) is 0 Å². The van der Waals surface area contributed by atoms with Gasteiger partial charge in [0.2, 0.25) is 0 Å². The Morgan fingerprint density at radius 1 is 1.20 bits per heavy atom. The molecule has 2 nitrogen and oxygen atoms in total. The van der Waals surface area contributed by atoms with Crippen LogP contribution in [0.5, 0.6) is 0 Å². The summed E-state index contributed by atoms with van der Waals surface area (Å²) in [6, 6.07) is 1.29. The van der Waals surface area contributed by atoms with Crippen LogP contribution in [-0.4, -0.2) is 20.4 Å². The topological polar surface area (TPSA) is 40.7 Å². The van der Waals surface area contributed by atoms with Crippen molar-refractivity contribution in [1.29, 1.82) is 0 Å². The van der Waals surface area contributed by atoms with Crippen LogP contribution in [0.2, 0.25) is 19.1 Å². The summed E-state index contributed by atoms with van der Waals surface area (Å²) >= 11 is 0. The lowest BCUT2D eigenvalue weighted by atomic mass is 10.6. The predicted molar refractivity (Wildman–Crippen MR) is 47.8 cm³/mol. The second-order valence-electron chi connectivity index (χ2n) is 2.94. The van der Waals surface area contributed by atoms with Gasteiger partial charge in [-0.2, -0.15) is 0 Å². The maximum absolute atomic E-state index is 5.61. The van der Waals surface area contributed by atoms with Crippen LogP contribution in [-0.2, 0) is 4.43 Å². The number of rotatable bonds is 4. The molecule has 3 heteroatoms. The van der Waals surface area contributed by atoms with E-state index in [1.54, 1.807) is 0 Å². The van der Waals surface area contributed by atoms with E-state index in [-0.39, 0.29) is 5.48 Å². The van der Waals surface area contributed by atoms with E-state index >= 15 is 0 Å². The summed E-state index contributed by atoms with van der Waals surface area (Å²) in [5.74, 6) is 0. The molecule has 0 rings (SSSR count). The molecule has 0 fully saturated rings. The zero-order chi connectivity index (χ0) is 7.33. The third-order valence-corrected chi connectivity index (χ3v) is 4.16.